The minimum absolute atomic E-state index is 0.101. The number of aliphatic carboxylic acids is 1. The molecule has 7 nitrogen and oxygen atoms in total. The van der Waals surface area contributed by atoms with Crippen molar-refractivity contribution in [1.82, 2.24) is 10.2 Å². The van der Waals surface area contributed by atoms with E-state index in [-0.39, 0.29) is 12.5 Å². The zero-order valence-corrected chi connectivity index (χ0v) is 19.0. The number of nitrogens with zero attached hydrogens (tertiary/aromatic N) is 1. The summed E-state index contributed by atoms with van der Waals surface area (Å²) in [5.74, 6) is -1.83. The third-order valence-electron chi connectivity index (χ3n) is 6.19. The number of rotatable bonds is 7. The minimum atomic E-state index is -1.51. The van der Waals surface area contributed by atoms with Crippen LogP contribution in [0.5, 0.6) is 0 Å². The first kappa shape index (κ1) is 23.0. The highest BCUT2D eigenvalue weighted by Crippen LogP contribution is 2.44. The van der Waals surface area contributed by atoms with Gasteiger partial charge in [-0.1, -0.05) is 78.9 Å². The van der Waals surface area contributed by atoms with Gasteiger partial charge in [-0.25, -0.2) is 4.79 Å². The molecule has 4 rings (SSSR count). The van der Waals surface area contributed by atoms with E-state index in [0.29, 0.717) is 5.56 Å². The van der Waals surface area contributed by atoms with Gasteiger partial charge < -0.3 is 20.1 Å². The highest BCUT2D eigenvalue weighted by Gasteiger charge is 2.40. The van der Waals surface area contributed by atoms with E-state index in [1.165, 1.54) is 7.05 Å². The standard InChI is InChI=1S/C27H26N2O5/c1-27(18-10-4-3-5-11-18,25(32)29(2)16-24(30)31)28-26(33)34-17-23-21-14-8-6-12-19(21)20-13-7-9-15-22(20)23/h3-15,23H,16-17H2,1-2H3,(H,28,33)(H,30,31). The molecule has 0 spiro atoms. The molecule has 3 aromatic carbocycles. The molecule has 0 aromatic heterocycles. The molecule has 174 valence electrons. The maximum Gasteiger partial charge on any atom is 0.408 e. The summed E-state index contributed by atoms with van der Waals surface area (Å²) in [6.07, 6.45) is -0.759. The molecule has 1 aliphatic carbocycles. The number of amides is 2. The van der Waals surface area contributed by atoms with Gasteiger partial charge in [0.2, 0.25) is 0 Å². The molecule has 1 atom stereocenters. The Morgan fingerprint density at radius 3 is 2.00 bits per heavy atom. The molecule has 0 bridgehead atoms. The lowest BCUT2D eigenvalue weighted by Gasteiger charge is -2.33. The predicted molar refractivity (Wildman–Crippen MR) is 127 cm³/mol. The molecule has 0 radical (unpaired) electrons. The van der Waals surface area contributed by atoms with Crippen molar-refractivity contribution in [2.75, 3.05) is 20.2 Å². The number of carbonyl (C=O) groups excluding carboxylic acids is 2. The van der Waals surface area contributed by atoms with Gasteiger partial charge >= 0.3 is 12.1 Å². The van der Waals surface area contributed by atoms with Crippen molar-refractivity contribution in [3.05, 3.63) is 95.6 Å². The quantitative estimate of drug-likeness (QED) is 0.558. The topological polar surface area (TPSA) is 95.9 Å². The number of nitrogens with one attached hydrogen (secondary N) is 1. The van der Waals surface area contributed by atoms with Gasteiger partial charge in [-0.3, -0.25) is 9.59 Å². The van der Waals surface area contributed by atoms with Crippen LogP contribution < -0.4 is 5.32 Å². The van der Waals surface area contributed by atoms with Gasteiger partial charge in [0.15, 0.2) is 0 Å². The van der Waals surface area contributed by atoms with Crippen LogP contribution in [0.25, 0.3) is 11.1 Å². The fraction of sp³-hybridized carbons (Fsp3) is 0.222. The van der Waals surface area contributed by atoms with Gasteiger partial charge in [-0.05, 0) is 34.7 Å². The van der Waals surface area contributed by atoms with Gasteiger partial charge in [0.05, 0.1) is 0 Å². The van der Waals surface area contributed by atoms with Crippen molar-refractivity contribution < 1.29 is 24.2 Å². The average molecular weight is 459 g/mol. The minimum Gasteiger partial charge on any atom is -0.480 e. The smallest absolute Gasteiger partial charge is 0.408 e. The van der Waals surface area contributed by atoms with Crippen LogP contribution in [0.1, 0.15) is 29.5 Å². The molecule has 1 aliphatic rings. The highest BCUT2D eigenvalue weighted by molar-refractivity contribution is 5.92. The SMILES string of the molecule is CN(CC(=O)O)C(=O)C(C)(NC(=O)OCC1c2ccccc2-c2ccccc21)c1ccccc1. The zero-order chi connectivity index (χ0) is 24.3. The van der Waals surface area contributed by atoms with E-state index < -0.39 is 30.1 Å². The van der Waals surface area contributed by atoms with Gasteiger partial charge in [-0.2, -0.15) is 0 Å². The fourth-order valence-corrected chi connectivity index (χ4v) is 4.52. The van der Waals surface area contributed by atoms with E-state index in [4.69, 9.17) is 9.84 Å². The molecule has 0 fully saturated rings. The lowest BCUT2D eigenvalue weighted by Crippen LogP contribution is -2.55. The third-order valence-corrected chi connectivity index (χ3v) is 6.19. The molecule has 2 amide bonds. The van der Waals surface area contributed by atoms with E-state index >= 15 is 0 Å². The second kappa shape index (κ2) is 9.39. The van der Waals surface area contributed by atoms with E-state index in [1.54, 1.807) is 37.3 Å². The van der Waals surface area contributed by atoms with Gasteiger partial charge in [0.1, 0.15) is 18.7 Å². The number of carbonyl (C=O) groups is 3. The summed E-state index contributed by atoms with van der Waals surface area (Å²) in [6, 6.07) is 24.7. The van der Waals surface area contributed by atoms with Crippen molar-refractivity contribution in [3.63, 3.8) is 0 Å². The Balaban J connectivity index is 1.54. The van der Waals surface area contributed by atoms with Gasteiger partial charge in [-0.15, -0.1) is 0 Å². The molecule has 0 saturated carbocycles. The van der Waals surface area contributed by atoms with Gasteiger partial charge in [0.25, 0.3) is 5.91 Å². The van der Waals surface area contributed by atoms with Crippen molar-refractivity contribution in [3.8, 4) is 11.1 Å². The van der Waals surface area contributed by atoms with Crippen LogP contribution in [0, 0.1) is 0 Å². The number of benzene rings is 3. The summed E-state index contributed by atoms with van der Waals surface area (Å²) in [7, 11) is 1.39. The zero-order valence-electron chi connectivity index (χ0n) is 19.0. The number of likely N-dealkylation sites (N-methyl/N-ethyl adjacent to an activating group) is 1. The monoisotopic (exact) mass is 458 g/mol. The first-order chi connectivity index (χ1) is 16.3. The van der Waals surface area contributed by atoms with Crippen LogP contribution in [0.15, 0.2) is 78.9 Å². The lowest BCUT2D eigenvalue weighted by molar-refractivity contribution is -0.146. The number of alkyl carbamates (subject to hydrolysis) is 1. The van der Waals surface area contributed by atoms with Crippen molar-refractivity contribution in [2.24, 2.45) is 0 Å². The fourth-order valence-electron chi connectivity index (χ4n) is 4.52. The van der Waals surface area contributed by atoms with E-state index in [0.717, 1.165) is 27.2 Å². The predicted octanol–water partition coefficient (Wildman–Crippen LogP) is 3.98. The number of hydrogen-bond acceptors (Lipinski definition) is 4. The van der Waals surface area contributed by atoms with E-state index in [2.05, 4.69) is 17.4 Å². The summed E-state index contributed by atoms with van der Waals surface area (Å²) in [5.41, 5.74) is 3.41. The summed E-state index contributed by atoms with van der Waals surface area (Å²) in [6.45, 7) is 1.15. The Bertz CT molecular complexity index is 1180. The van der Waals surface area contributed by atoms with Crippen LogP contribution in [0.4, 0.5) is 4.79 Å². The molecule has 3 aromatic rings. The molecular formula is C27H26N2O5. The molecule has 34 heavy (non-hydrogen) atoms. The van der Waals surface area contributed by atoms with E-state index in [1.807, 2.05) is 36.4 Å². The van der Waals surface area contributed by atoms with E-state index in [9.17, 15) is 14.4 Å². The number of carboxylic acid groups (broad SMARTS) is 1. The average Bonchev–Trinajstić information content (AvgIpc) is 3.16. The first-order valence-corrected chi connectivity index (χ1v) is 11.0. The summed E-state index contributed by atoms with van der Waals surface area (Å²) >= 11 is 0. The normalized spacial score (nSPS) is 13.8. The Hall–Kier alpha value is -4.13. The molecular weight excluding hydrogens is 432 g/mol. The molecule has 1 unspecified atom stereocenters. The summed E-state index contributed by atoms with van der Waals surface area (Å²) in [4.78, 5) is 38.4. The van der Waals surface area contributed by atoms with Crippen molar-refractivity contribution >= 4 is 18.0 Å². The van der Waals surface area contributed by atoms with Crippen LogP contribution in [-0.2, 0) is 19.9 Å². The highest BCUT2D eigenvalue weighted by atomic mass is 16.5. The Kier molecular flexibility index (Phi) is 6.36. The largest absolute Gasteiger partial charge is 0.480 e. The third kappa shape index (κ3) is 4.37. The lowest BCUT2D eigenvalue weighted by atomic mass is 9.90. The Morgan fingerprint density at radius 1 is 0.912 bits per heavy atom. The molecule has 0 saturated heterocycles. The maximum absolute atomic E-state index is 13.2. The van der Waals surface area contributed by atoms with Crippen LogP contribution in [0.3, 0.4) is 0 Å². The van der Waals surface area contributed by atoms with Crippen LogP contribution in [-0.4, -0.2) is 48.2 Å². The summed E-state index contributed by atoms with van der Waals surface area (Å²) < 4.78 is 5.63. The molecule has 0 aliphatic heterocycles. The first-order valence-electron chi connectivity index (χ1n) is 11.0. The number of hydrogen-bond donors (Lipinski definition) is 2. The van der Waals surface area contributed by atoms with Gasteiger partial charge in [0, 0.05) is 13.0 Å². The van der Waals surface area contributed by atoms with Crippen LogP contribution in [0.2, 0.25) is 0 Å². The molecule has 7 heteroatoms. The second-order valence-electron chi connectivity index (χ2n) is 8.50. The Morgan fingerprint density at radius 2 is 1.44 bits per heavy atom. The molecule has 2 N–H and O–H groups in total. The van der Waals surface area contributed by atoms with Crippen LogP contribution >= 0.6 is 0 Å². The summed E-state index contributed by atoms with van der Waals surface area (Å²) in [5, 5.41) is 11.8. The van der Waals surface area contributed by atoms with Crippen molar-refractivity contribution in [2.45, 2.75) is 18.4 Å². The maximum atomic E-state index is 13.2. The molecule has 0 heterocycles. The van der Waals surface area contributed by atoms with Crippen molar-refractivity contribution in [1.29, 1.82) is 0 Å². The number of ether oxygens (including phenoxy) is 1. The number of carboxylic acids is 1. The second-order valence-corrected chi connectivity index (χ2v) is 8.50. The number of fused-ring (bicyclic) bond motifs is 3. The Labute approximate surface area is 198 Å².